The maximum atomic E-state index is 13.5. The smallest absolute Gasteiger partial charge is 0.254 e. The standard InChI is InChI=1S/C25H23N5O/c1-17-28-15-22(18-9-12-26-13-10-18)24(29-17)19-5-4-14-30(16-19)25(31)21-6-2-8-23-20(21)7-3-11-27-23/h2-3,6-13,15,19H,4-5,14,16H2,1H3/t19-/m1/s1. The Morgan fingerprint density at radius 3 is 2.77 bits per heavy atom. The van der Waals surface area contributed by atoms with Crippen LogP contribution in [-0.2, 0) is 0 Å². The van der Waals surface area contributed by atoms with Crippen LogP contribution in [0.1, 0.15) is 40.6 Å². The van der Waals surface area contributed by atoms with Gasteiger partial charge in [0.2, 0.25) is 0 Å². The van der Waals surface area contributed by atoms with Crippen molar-refractivity contribution >= 4 is 16.8 Å². The molecule has 4 heterocycles. The third kappa shape index (κ3) is 3.77. The van der Waals surface area contributed by atoms with E-state index < -0.39 is 0 Å². The Labute approximate surface area is 181 Å². The van der Waals surface area contributed by atoms with Crippen LogP contribution in [0.4, 0.5) is 0 Å². The summed E-state index contributed by atoms with van der Waals surface area (Å²) in [4.78, 5) is 33.2. The van der Waals surface area contributed by atoms with Crippen molar-refractivity contribution in [2.75, 3.05) is 13.1 Å². The van der Waals surface area contributed by atoms with Crippen LogP contribution in [0.25, 0.3) is 22.0 Å². The van der Waals surface area contributed by atoms with E-state index in [1.807, 2.05) is 60.5 Å². The van der Waals surface area contributed by atoms with Gasteiger partial charge in [0.25, 0.3) is 5.91 Å². The number of hydrogen-bond acceptors (Lipinski definition) is 5. The monoisotopic (exact) mass is 409 g/mol. The van der Waals surface area contributed by atoms with Crippen molar-refractivity contribution in [3.63, 3.8) is 0 Å². The van der Waals surface area contributed by atoms with E-state index in [9.17, 15) is 4.79 Å². The normalized spacial score (nSPS) is 16.4. The SMILES string of the molecule is Cc1ncc(-c2ccncc2)c([C@@H]2CCCN(C(=O)c3cccc4ncccc34)C2)n1. The number of pyridine rings is 2. The van der Waals surface area contributed by atoms with Crippen LogP contribution in [0.2, 0.25) is 0 Å². The molecule has 1 atom stereocenters. The summed E-state index contributed by atoms with van der Waals surface area (Å²) in [6.45, 7) is 3.30. The molecule has 4 aromatic rings. The highest BCUT2D eigenvalue weighted by Gasteiger charge is 2.29. The lowest BCUT2D eigenvalue weighted by Gasteiger charge is -2.33. The zero-order chi connectivity index (χ0) is 21.2. The van der Waals surface area contributed by atoms with Gasteiger partial charge in [-0.05, 0) is 55.7 Å². The van der Waals surface area contributed by atoms with Gasteiger partial charge in [0.05, 0.1) is 11.2 Å². The molecule has 1 fully saturated rings. The van der Waals surface area contributed by atoms with Gasteiger partial charge in [-0.15, -0.1) is 0 Å². The lowest BCUT2D eigenvalue weighted by Crippen LogP contribution is -2.39. The summed E-state index contributed by atoms with van der Waals surface area (Å²) < 4.78 is 0. The molecule has 0 unspecified atom stereocenters. The third-order valence-electron chi connectivity index (χ3n) is 5.90. The number of aromatic nitrogens is 4. The number of carbonyl (C=O) groups excluding carboxylic acids is 1. The first-order valence-corrected chi connectivity index (χ1v) is 10.6. The number of carbonyl (C=O) groups is 1. The number of piperidine rings is 1. The Bertz CT molecular complexity index is 1240. The molecule has 1 aliphatic heterocycles. The Balaban J connectivity index is 1.48. The van der Waals surface area contributed by atoms with E-state index in [4.69, 9.17) is 4.98 Å². The van der Waals surface area contributed by atoms with Crippen LogP contribution >= 0.6 is 0 Å². The fraction of sp³-hybridized carbons (Fsp3) is 0.240. The molecule has 6 nitrogen and oxygen atoms in total. The molecule has 1 amide bonds. The van der Waals surface area contributed by atoms with Gasteiger partial charge in [0, 0.05) is 60.3 Å². The molecule has 0 bridgehead atoms. The van der Waals surface area contributed by atoms with Crippen molar-refractivity contribution in [2.24, 2.45) is 0 Å². The summed E-state index contributed by atoms with van der Waals surface area (Å²) >= 11 is 0. The first-order chi connectivity index (χ1) is 15.2. The molecular formula is C25H23N5O. The first kappa shape index (κ1) is 19.3. The fourth-order valence-electron chi connectivity index (χ4n) is 4.40. The molecule has 6 heteroatoms. The van der Waals surface area contributed by atoms with Crippen molar-refractivity contribution in [2.45, 2.75) is 25.7 Å². The quantitative estimate of drug-likeness (QED) is 0.501. The molecule has 0 saturated carbocycles. The van der Waals surface area contributed by atoms with Crippen LogP contribution in [0.3, 0.4) is 0 Å². The summed E-state index contributed by atoms with van der Waals surface area (Å²) in [6, 6.07) is 13.5. The minimum Gasteiger partial charge on any atom is -0.338 e. The van der Waals surface area contributed by atoms with Gasteiger partial charge in [-0.1, -0.05) is 12.1 Å². The number of hydrogen-bond donors (Lipinski definition) is 0. The molecule has 0 N–H and O–H groups in total. The first-order valence-electron chi connectivity index (χ1n) is 10.6. The number of fused-ring (bicyclic) bond motifs is 1. The molecule has 3 aromatic heterocycles. The third-order valence-corrected chi connectivity index (χ3v) is 5.90. The van der Waals surface area contributed by atoms with Gasteiger partial charge >= 0.3 is 0 Å². The number of nitrogens with zero attached hydrogens (tertiary/aromatic N) is 5. The lowest BCUT2D eigenvalue weighted by molar-refractivity contribution is 0.0708. The molecule has 5 rings (SSSR count). The molecule has 0 radical (unpaired) electrons. The van der Waals surface area contributed by atoms with Crippen molar-refractivity contribution in [1.29, 1.82) is 0 Å². The van der Waals surface area contributed by atoms with E-state index in [1.54, 1.807) is 18.6 Å². The van der Waals surface area contributed by atoms with E-state index in [1.165, 1.54) is 0 Å². The van der Waals surface area contributed by atoms with Crippen molar-refractivity contribution in [3.05, 3.63) is 84.3 Å². The summed E-state index contributed by atoms with van der Waals surface area (Å²) in [5.74, 6) is 0.964. The molecule has 154 valence electrons. The minimum atomic E-state index is 0.0551. The van der Waals surface area contributed by atoms with Crippen LogP contribution in [0.15, 0.2) is 67.3 Å². The van der Waals surface area contributed by atoms with Crippen LogP contribution in [-0.4, -0.2) is 43.8 Å². The maximum absolute atomic E-state index is 13.5. The van der Waals surface area contributed by atoms with Crippen molar-refractivity contribution in [3.8, 4) is 11.1 Å². The van der Waals surface area contributed by atoms with Gasteiger partial charge in [-0.3, -0.25) is 14.8 Å². The Morgan fingerprint density at radius 1 is 1.03 bits per heavy atom. The minimum absolute atomic E-state index is 0.0551. The van der Waals surface area contributed by atoms with Gasteiger partial charge in [0.15, 0.2) is 0 Å². The van der Waals surface area contributed by atoms with E-state index in [0.717, 1.165) is 52.9 Å². The van der Waals surface area contributed by atoms with E-state index in [2.05, 4.69) is 15.0 Å². The predicted molar refractivity (Wildman–Crippen MR) is 120 cm³/mol. The summed E-state index contributed by atoms with van der Waals surface area (Å²) in [7, 11) is 0. The van der Waals surface area contributed by atoms with Crippen LogP contribution in [0.5, 0.6) is 0 Å². The van der Waals surface area contributed by atoms with E-state index in [0.29, 0.717) is 12.1 Å². The number of amides is 1. The van der Waals surface area contributed by atoms with E-state index in [-0.39, 0.29) is 11.8 Å². The van der Waals surface area contributed by atoms with Gasteiger partial charge in [-0.25, -0.2) is 9.97 Å². The largest absolute Gasteiger partial charge is 0.338 e. The van der Waals surface area contributed by atoms with Crippen LogP contribution < -0.4 is 0 Å². The second-order valence-corrected chi connectivity index (χ2v) is 7.92. The topological polar surface area (TPSA) is 71.9 Å². The highest BCUT2D eigenvalue weighted by molar-refractivity contribution is 6.06. The van der Waals surface area contributed by atoms with Crippen molar-refractivity contribution < 1.29 is 4.79 Å². The van der Waals surface area contributed by atoms with Gasteiger partial charge in [-0.2, -0.15) is 0 Å². The summed E-state index contributed by atoms with van der Waals surface area (Å²) in [5, 5.41) is 0.896. The highest BCUT2D eigenvalue weighted by atomic mass is 16.2. The van der Waals surface area contributed by atoms with Crippen LogP contribution in [0, 0.1) is 6.92 Å². The molecule has 1 aromatic carbocycles. The molecule has 1 aliphatic rings. The molecule has 0 spiro atoms. The molecule has 1 saturated heterocycles. The van der Waals surface area contributed by atoms with E-state index >= 15 is 0 Å². The lowest BCUT2D eigenvalue weighted by atomic mass is 9.89. The summed E-state index contributed by atoms with van der Waals surface area (Å²) in [6.07, 6.45) is 9.15. The predicted octanol–water partition coefficient (Wildman–Crippen LogP) is 4.42. The second kappa shape index (κ2) is 8.22. The van der Waals surface area contributed by atoms with Gasteiger partial charge < -0.3 is 4.90 Å². The zero-order valence-corrected chi connectivity index (χ0v) is 17.4. The Morgan fingerprint density at radius 2 is 1.90 bits per heavy atom. The zero-order valence-electron chi connectivity index (χ0n) is 17.4. The highest BCUT2D eigenvalue weighted by Crippen LogP contribution is 2.33. The van der Waals surface area contributed by atoms with Gasteiger partial charge in [0.1, 0.15) is 5.82 Å². The average Bonchev–Trinajstić information content (AvgIpc) is 2.84. The Kier molecular flexibility index (Phi) is 5.12. The molecule has 31 heavy (non-hydrogen) atoms. The second-order valence-electron chi connectivity index (χ2n) is 7.92. The molecule has 0 aliphatic carbocycles. The fourth-order valence-corrected chi connectivity index (χ4v) is 4.40. The number of benzene rings is 1. The summed E-state index contributed by atoms with van der Waals surface area (Å²) in [5.41, 5.74) is 4.62. The number of aryl methyl sites for hydroxylation is 1. The maximum Gasteiger partial charge on any atom is 0.254 e. The average molecular weight is 409 g/mol. The molecular weight excluding hydrogens is 386 g/mol. The Hall–Kier alpha value is -3.67. The number of rotatable bonds is 3. The van der Waals surface area contributed by atoms with Crippen molar-refractivity contribution in [1.82, 2.24) is 24.8 Å². The number of likely N-dealkylation sites (tertiary alicyclic amines) is 1.